The van der Waals surface area contributed by atoms with Gasteiger partial charge in [0.1, 0.15) is 23.9 Å². The molecule has 0 spiro atoms. The summed E-state index contributed by atoms with van der Waals surface area (Å²) in [5.41, 5.74) is 13.7. The summed E-state index contributed by atoms with van der Waals surface area (Å²) in [6, 6.07) is 8.84. The molecule has 0 aliphatic heterocycles. The predicted octanol–water partition coefficient (Wildman–Crippen LogP) is 0.837. The van der Waals surface area contributed by atoms with Crippen LogP contribution in [0.4, 0.5) is 0 Å². The number of aromatic nitrogens is 1. The monoisotopic (exact) mass is 608 g/mol. The lowest BCUT2D eigenvalue weighted by molar-refractivity contribution is -0.142. The minimum absolute atomic E-state index is 0.000276. The fourth-order valence-corrected chi connectivity index (χ4v) is 4.75. The third kappa shape index (κ3) is 9.30. The van der Waals surface area contributed by atoms with Gasteiger partial charge in [0.25, 0.3) is 0 Å². The van der Waals surface area contributed by atoms with Crippen molar-refractivity contribution in [1.82, 2.24) is 20.9 Å². The Bertz CT molecular complexity index is 1470. The lowest BCUT2D eigenvalue weighted by Crippen LogP contribution is -2.59. The second-order valence-electron chi connectivity index (χ2n) is 10.9. The number of primary amides is 1. The molecular formula is C31H40N6O7. The van der Waals surface area contributed by atoms with Crippen molar-refractivity contribution in [1.29, 1.82) is 0 Å². The molecule has 3 rings (SSSR count). The maximum absolute atomic E-state index is 13.6. The van der Waals surface area contributed by atoms with Crippen LogP contribution >= 0.6 is 0 Å². The molecule has 0 bridgehead atoms. The quantitative estimate of drug-likeness (QED) is 0.116. The first-order valence-corrected chi connectivity index (χ1v) is 14.4. The van der Waals surface area contributed by atoms with E-state index in [4.69, 9.17) is 11.5 Å². The smallest absolute Gasteiger partial charge is 0.326 e. The van der Waals surface area contributed by atoms with E-state index in [1.807, 2.05) is 31.2 Å². The Kier molecular flexibility index (Phi) is 11.9. The van der Waals surface area contributed by atoms with Crippen molar-refractivity contribution in [3.63, 3.8) is 0 Å². The number of hydrogen-bond acceptors (Lipinski definition) is 7. The zero-order valence-electron chi connectivity index (χ0n) is 24.7. The van der Waals surface area contributed by atoms with Gasteiger partial charge in [-0.3, -0.25) is 19.2 Å². The van der Waals surface area contributed by atoms with Gasteiger partial charge in [0.05, 0.1) is 6.04 Å². The molecule has 0 saturated heterocycles. The third-order valence-corrected chi connectivity index (χ3v) is 7.55. The number of hydrogen-bond donors (Lipinski definition) is 8. The molecule has 5 unspecified atom stereocenters. The van der Waals surface area contributed by atoms with Crippen molar-refractivity contribution in [3.05, 3.63) is 65.9 Å². The maximum Gasteiger partial charge on any atom is 0.326 e. The summed E-state index contributed by atoms with van der Waals surface area (Å²) in [7, 11) is 0. The molecule has 5 atom stereocenters. The number of fused-ring (bicyclic) bond motifs is 1. The van der Waals surface area contributed by atoms with E-state index in [2.05, 4.69) is 20.9 Å². The Morgan fingerprint density at radius 1 is 0.886 bits per heavy atom. The number of carboxylic acids is 1. The highest BCUT2D eigenvalue weighted by molar-refractivity contribution is 5.95. The van der Waals surface area contributed by atoms with Crippen molar-refractivity contribution in [2.45, 2.75) is 70.1 Å². The summed E-state index contributed by atoms with van der Waals surface area (Å²) in [5, 5.41) is 27.9. The van der Waals surface area contributed by atoms with E-state index in [1.54, 1.807) is 25.3 Å². The molecule has 3 aromatic rings. The topological polar surface area (TPSA) is 230 Å². The molecule has 0 fully saturated rings. The first kappa shape index (κ1) is 33.6. The van der Waals surface area contributed by atoms with E-state index in [1.165, 1.54) is 12.1 Å². The third-order valence-electron chi connectivity index (χ3n) is 7.55. The molecule has 13 nitrogen and oxygen atoms in total. The van der Waals surface area contributed by atoms with Gasteiger partial charge in [-0.25, -0.2) is 4.79 Å². The number of nitrogens with two attached hydrogens (primary N) is 2. The first-order valence-electron chi connectivity index (χ1n) is 14.4. The first-order chi connectivity index (χ1) is 20.9. The number of carbonyl (C=O) groups excluding carboxylic acids is 4. The number of phenolic OH excluding ortho intramolecular Hbond substituents is 1. The van der Waals surface area contributed by atoms with E-state index >= 15 is 0 Å². The van der Waals surface area contributed by atoms with Gasteiger partial charge in [-0.1, -0.05) is 50.6 Å². The Morgan fingerprint density at radius 3 is 2.18 bits per heavy atom. The van der Waals surface area contributed by atoms with E-state index in [0.29, 0.717) is 12.0 Å². The molecule has 0 aliphatic rings. The number of carboxylic acid groups (broad SMARTS) is 1. The van der Waals surface area contributed by atoms with E-state index in [0.717, 1.165) is 16.5 Å². The number of aliphatic carboxylic acids is 1. The highest BCUT2D eigenvalue weighted by Crippen LogP contribution is 2.19. The van der Waals surface area contributed by atoms with Crippen LogP contribution in [0, 0.1) is 5.92 Å². The highest BCUT2D eigenvalue weighted by atomic mass is 16.4. The number of rotatable bonds is 16. The lowest BCUT2D eigenvalue weighted by Gasteiger charge is -2.28. The van der Waals surface area contributed by atoms with Crippen molar-refractivity contribution < 1.29 is 34.2 Å². The summed E-state index contributed by atoms with van der Waals surface area (Å²) in [6.07, 6.45) is 1.96. The van der Waals surface area contributed by atoms with Crippen LogP contribution in [0.25, 0.3) is 10.9 Å². The highest BCUT2D eigenvalue weighted by Gasteiger charge is 2.33. The van der Waals surface area contributed by atoms with Crippen LogP contribution in [0.3, 0.4) is 0 Å². The summed E-state index contributed by atoms with van der Waals surface area (Å²) < 4.78 is 0. The van der Waals surface area contributed by atoms with Gasteiger partial charge < -0.3 is 42.6 Å². The largest absolute Gasteiger partial charge is 0.508 e. The molecule has 0 radical (unpaired) electrons. The van der Waals surface area contributed by atoms with Crippen LogP contribution in [0.2, 0.25) is 0 Å². The average molecular weight is 609 g/mol. The summed E-state index contributed by atoms with van der Waals surface area (Å²) in [4.78, 5) is 66.2. The van der Waals surface area contributed by atoms with Crippen LogP contribution in [-0.2, 0) is 36.8 Å². The van der Waals surface area contributed by atoms with Gasteiger partial charge in [-0.2, -0.15) is 0 Å². The molecule has 236 valence electrons. The number of phenols is 1. The Labute approximate surface area is 254 Å². The standard InChI is InChI=1S/C31H40N6O7/c1-3-17(2)27(37-28(40)22(32)15-19-16-34-23-7-5-4-6-21(19)23)30(42)36-25(14-18-8-10-20(38)11-9-18)29(41)35-24(31(43)44)12-13-26(33)39/h4-11,16-17,22,24-25,27,34,38H,3,12-15,32H2,1-2H3,(H2,33,39)(H,35,41)(H,36,42)(H,37,40)(H,43,44). The van der Waals surface area contributed by atoms with Gasteiger partial charge >= 0.3 is 5.97 Å². The molecular weight excluding hydrogens is 568 g/mol. The van der Waals surface area contributed by atoms with E-state index in [9.17, 15) is 34.2 Å². The number of aromatic amines is 1. The minimum Gasteiger partial charge on any atom is -0.508 e. The van der Waals surface area contributed by atoms with Gasteiger partial charge in [-0.15, -0.1) is 0 Å². The van der Waals surface area contributed by atoms with Gasteiger partial charge in [0.2, 0.25) is 23.6 Å². The van der Waals surface area contributed by atoms with Crippen molar-refractivity contribution in [2.75, 3.05) is 0 Å². The zero-order chi connectivity index (χ0) is 32.4. The molecule has 0 aliphatic carbocycles. The van der Waals surface area contributed by atoms with E-state index in [-0.39, 0.29) is 37.4 Å². The number of H-pyrrole nitrogens is 1. The number of aromatic hydroxyl groups is 1. The Balaban J connectivity index is 1.78. The van der Waals surface area contributed by atoms with Crippen molar-refractivity contribution >= 4 is 40.5 Å². The van der Waals surface area contributed by atoms with Crippen LogP contribution in [0.5, 0.6) is 5.75 Å². The van der Waals surface area contributed by atoms with Gasteiger partial charge in [0, 0.05) is 29.9 Å². The number of para-hydroxylation sites is 1. The molecule has 1 heterocycles. The normalized spacial score (nSPS) is 14.5. The maximum atomic E-state index is 13.6. The van der Waals surface area contributed by atoms with Crippen molar-refractivity contribution in [3.8, 4) is 5.75 Å². The van der Waals surface area contributed by atoms with E-state index < -0.39 is 53.8 Å². The number of amides is 4. The predicted molar refractivity (Wildman–Crippen MR) is 163 cm³/mol. The van der Waals surface area contributed by atoms with Crippen LogP contribution in [0.15, 0.2) is 54.7 Å². The molecule has 44 heavy (non-hydrogen) atoms. The Hall–Kier alpha value is -4.91. The van der Waals surface area contributed by atoms with Gasteiger partial charge in [-0.05, 0) is 48.1 Å². The molecule has 13 heteroatoms. The Morgan fingerprint density at radius 2 is 1.55 bits per heavy atom. The summed E-state index contributed by atoms with van der Waals surface area (Å²) in [5.74, 6) is -4.47. The fourth-order valence-electron chi connectivity index (χ4n) is 4.75. The van der Waals surface area contributed by atoms with Gasteiger partial charge in [0.15, 0.2) is 0 Å². The SMILES string of the molecule is CCC(C)C(NC(=O)C(N)Cc1c[nH]c2ccccc12)C(=O)NC(Cc1ccc(O)cc1)C(=O)NC(CCC(N)=O)C(=O)O. The summed E-state index contributed by atoms with van der Waals surface area (Å²) in [6.45, 7) is 3.62. The molecule has 4 amide bonds. The van der Waals surface area contributed by atoms with Crippen LogP contribution in [0.1, 0.15) is 44.2 Å². The number of nitrogens with one attached hydrogen (secondary N) is 4. The molecule has 10 N–H and O–H groups in total. The van der Waals surface area contributed by atoms with Crippen molar-refractivity contribution in [2.24, 2.45) is 17.4 Å². The lowest BCUT2D eigenvalue weighted by atomic mass is 9.96. The number of benzene rings is 2. The van der Waals surface area contributed by atoms with Crippen LogP contribution in [-0.4, -0.2) is 69.0 Å². The molecule has 1 aromatic heterocycles. The fraction of sp³-hybridized carbons (Fsp3) is 0.387. The second-order valence-corrected chi connectivity index (χ2v) is 10.9. The van der Waals surface area contributed by atoms with Crippen LogP contribution < -0.4 is 27.4 Å². The molecule has 0 saturated carbocycles. The second kappa shape index (κ2) is 15.5. The summed E-state index contributed by atoms with van der Waals surface area (Å²) >= 11 is 0. The average Bonchev–Trinajstić information content (AvgIpc) is 3.40. The minimum atomic E-state index is -1.43. The molecule has 2 aromatic carbocycles. The number of carbonyl (C=O) groups is 5. The zero-order valence-corrected chi connectivity index (χ0v) is 24.7.